The molecule has 3 heterocycles. The number of anilines is 1. The van der Waals surface area contributed by atoms with Gasteiger partial charge in [-0.25, -0.2) is 4.98 Å². The second kappa shape index (κ2) is 7.34. The van der Waals surface area contributed by atoms with Crippen LogP contribution in [-0.4, -0.2) is 34.3 Å². The maximum absolute atomic E-state index is 13.3. The molecule has 1 aliphatic rings. The van der Waals surface area contributed by atoms with Crippen molar-refractivity contribution in [3.05, 3.63) is 58.8 Å². The van der Waals surface area contributed by atoms with Crippen LogP contribution < -0.4 is 10.6 Å². The summed E-state index contributed by atoms with van der Waals surface area (Å²) in [5.74, 6) is -1.14. The molecule has 2 aromatic carbocycles. The number of Topliss-reactive ketones (excluding diaryl/α,β-unsaturated/α-hetero) is 1. The standard InChI is InChI=1S/C23H22N4O2S.H2/c1-13-11-14(2)20-18(12-13)30-23(25-20)26-22(29)21(28)19-15-5-3-4-6-16(15)27-10-9-24-8-7-17(19)27;/h3-6,11-12,24H,7-10H2,1-2H3,(H,25,26,29);1H. The summed E-state index contributed by atoms with van der Waals surface area (Å²) >= 11 is 1.39. The van der Waals surface area contributed by atoms with Gasteiger partial charge in [-0.3, -0.25) is 14.9 Å². The van der Waals surface area contributed by atoms with Gasteiger partial charge < -0.3 is 9.88 Å². The minimum Gasteiger partial charge on any atom is -0.343 e. The van der Waals surface area contributed by atoms with Crippen LogP contribution >= 0.6 is 11.3 Å². The Morgan fingerprint density at radius 2 is 2.03 bits per heavy atom. The maximum Gasteiger partial charge on any atom is 0.298 e. The van der Waals surface area contributed by atoms with E-state index >= 15 is 0 Å². The van der Waals surface area contributed by atoms with Crippen molar-refractivity contribution in [2.24, 2.45) is 0 Å². The number of para-hydroxylation sites is 1. The van der Waals surface area contributed by atoms with E-state index in [9.17, 15) is 9.59 Å². The predicted molar refractivity (Wildman–Crippen MR) is 123 cm³/mol. The van der Waals surface area contributed by atoms with E-state index in [1.807, 2.05) is 44.2 Å². The van der Waals surface area contributed by atoms with Crippen LogP contribution in [0.25, 0.3) is 21.1 Å². The van der Waals surface area contributed by atoms with Gasteiger partial charge in [-0.05, 0) is 37.1 Å². The minimum absolute atomic E-state index is 0. The summed E-state index contributed by atoms with van der Waals surface area (Å²) in [6, 6.07) is 11.9. The molecule has 0 unspecified atom stereocenters. The number of carbonyl (C=O) groups excluding carboxylic acids is 2. The van der Waals surface area contributed by atoms with Gasteiger partial charge in [0.15, 0.2) is 5.13 Å². The van der Waals surface area contributed by atoms with Gasteiger partial charge in [0.05, 0.1) is 15.8 Å². The highest BCUT2D eigenvalue weighted by molar-refractivity contribution is 7.22. The SMILES string of the molecule is Cc1cc(C)c2nc(NC(=O)C(=O)c3c4n(c5ccccc35)CCNCC4)sc2c1.[HH]. The van der Waals surface area contributed by atoms with Crippen molar-refractivity contribution < 1.29 is 11.0 Å². The number of fused-ring (bicyclic) bond motifs is 4. The van der Waals surface area contributed by atoms with E-state index in [4.69, 9.17) is 0 Å². The number of nitrogens with one attached hydrogen (secondary N) is 2. The Bertz CT molecular complexity index is 1320. The minimum atomic E-state index is -0.639. The second-order valence-corrected chi connectivity index (χ2v) is 8.75. The highest BCUT2D eigenvalue weighted by Gasteiger charge is 2.28. The van der Waals surface area contributed by atoms with Gasteiger partial charge >= 0.3 is 0 Å². The third kappa shape index (κ3) is 3.11. The number of carbonyl (C=O) groups is 2. The van der Waals surface area contributed by atoms with E-state index in [0.29, 0.717) is 17.1 Å². The zero-order valence-corrected chi connectivity index (χ0v) is 17.7. The lowest BCUT2D eigenvalue weighted by Gasteiger charge is -2.06. The Morgan fingerprint density at radius 3 is 2.90 bits per heavy atom. The smallest absolute Gasteiger partial charge is 0.298 e. The molecule has 1 aliphatic heterocycles. The lowest BCUT2D eigenvalue weighted by molar-refractivity contribution is -0.112. The molecule has 6 nitrogen and oxygen atoms in total. The summed E-state index contributed by atoms with van der Waals surface area (Å²) in [5.41, 5.74) is 5.51. The third-order valence-electron chi connectivity index (χ3n) is 5.61. The van der Waals surface area contributed by atoms with Crippen molar-refractivity contribution >= 4 is 49.3 Å². The first-order valence-corrected chi connectivity index (χ1v) is 10.9. The second-order valence-electron chi connectivity index (χ2n) is 7.72. The van der Waals surface area contributed by atoms with Crippen LogP contribution in [0, 0.1) is 13.8 Å². The summed E-state index contributed by atoms with van der Waals surface area (Å²) in [6.07, 6.45) is 0.711. The molecular formula is C23H24N4O2S. The lowest BCUT2D eigenvalue weighted by atomic mass is 10.0. The van der Waals surface area contributed by atoms with Gasteiger partial charge in [-0.15, -0.1) is 0 Å². The number of ketones is 1. The number of rotatable bonds is 3. The monoisotopic (exact) mass is 420 g/mol. The summed E-state index contributed by atoms with van der Waals surface area (Å²) < 4.78 is 3.17. The fourth-order valence-electron chi connectivity index (χ4n) is 4.34. The van der Waals surface area contributed by atoms with Crippen LogP contribution in [0.15, 0.2) is 36.4 Å². The number of hydrogen-bond donors (Lipinski definition) is 2. The molecule has 0 saturated carbocycles. The van der Waals surface area contributed by atoms with Gasteiger partial charge in [0.25, 0.3) is 11.7 Å². The molecule has 0 radical (unpaired) electrons. The average Bonchev–Trinajstić information content (AvgIpc) is 3.16. The van der Waals surface area contributed by atoms with Gasteiger partial charge in [-0.2, -0.15) is 0 Å². The van der Waals surface area contributed by atoms with E-state index < -0.39 is 11.7 Å². The summed E-state index contributed by atoms with van der Waals surface area (Å²) in [6.45, 7) is 6.45. The zero-order valence-electron chi connectivity index (χ0n) is 16.9. The molecule has 2 N–H and O–H groups in total. The molecule has 0 spiro atoms. The van der Waals surface area contributed by atoms with Crippen molar-refractivity contribution in [1.29, 1.82) is 0 Å². The van der Waals surface area contributed by atoms with Crippen LogP contribution in [-0.2, 0) is 17.8 Å². The fourth-order valence-corrected chi connectivity index (χ4v) is 5.38. The maximum atomic E-state index is 13.3. The topological polar surface area (TPSA) is 76.0 Å². The number of aryl methyl sites for hydroxylation is 2. The van der Waals surface area contributed by atoms with E-state index in [1.165, 1.54) is 11.3 Å². The number of thiazole rings is 1. The Balaban J connectivity index is 0.00000231. The number of benzene rings is 2. The number of amides is 1. The van der Waals surface area contributed by atoms with Crippen LogP contribution in [0.3, 0.4) is 0 Å². The van der Waals surface area contributed by atoms with Crippen LogP contribution in [0.1, 0.15) is 28.6 Å². The molecule has 2 aromatic heterocycles. The van der Waals surface area contributed by atoms with E-state index in [1.54, 1.807) is 0 Å². The van der Waals surface area contributed by atoms with Gasteiger partial charge in [0.1, 0.15) is 0 Å². The highest BCUT2D eigenvalue weighted by atomic mass is 32.1. The first-order valence-electron chi connectivity index (χ1n) is 10.1. The Morgan fingerprint density at radius 1 is 1.20 bits per heavy atom. The molecule has 7 heteroatoms. The molecular weight excluding hydrogens is 396 g/mol. The largest absolute Gasteiger partial charge is 0.343 e. The quantitative estimate of drug-likeness (QED) is 0.387. The molecule has 5 rings (SSSR count). The van der Waals surface area contributed by atoms with E-state index in [-0.39, 0.29) is 1.43 Å². The van der Waals surface area contributed by atoms with Crippen LogP contribution in [0.4, 0.5) is 5.13 Å². The summed E-state index contributed by atoms with van der Waals surface area (Å²) in [4.78, 5) is 30.8. The van der Waals surface area contributed by atoms with Crippen LogP contribution in [0.5, 0.6) is 0 Å². The first-order chi connectivity index (χ1) is 14.5. The van der Waals surface area contributed by atoms with Crippen molar-refractivity contribution in [2.45, 2.75) is 26.8 Å². The molecule has 4 aromatic rings. The molecule has 30 heavy (non-hydrogen) atoms. The molecule has 0 saturated heterocycles. The van der Waals surface area contributed by atoms with Crippen molar-refractivity contribution in [2.75, 3.05) is 18.4 Å². The summed E-state index contributed by atoms with van der Waals surface area (Å²) in [7, 11) is 0. The number of hydrogen-bond acceptors (Lipinski definition) is 5. The van der Waals surface area contributed by atoms with Crippen LogP contribution in [0.2, 0.25) is 0 Å². The van der Waals surface area contributed by atoms with Crippen molar-refractivity contribution in [3.8, 4) is 0 Å². The molecule has 1 amide bonds. The average molecular weight is 421 g/mol. The van der Waals surface area contributed by atoms with Crippen molar-refractivity contribution in [1.82, 2.24) is 14.9 Å². The first kappa shape index (κ1) is 19.0. The Labute approximate surface area is 179 Å². The van der Waals surface area contributed by atoms with E-state index in [0.717, 1.165) is 57.6 Å². The van der Waals surface area contributed by atoms with Crippen molar-refractivity contribution in [3.63, 3.8) is 0 Å². The predicted octanol–water partition coefficient (Wildman–Crippen LogP) is 4.08. The lowest BCUT2D eigenvalue weighted by Crippen LogP contribution is -2.24. The molecule has 0 atom stereocenters. The number of nitrogens with zero attached hydrogens (tertiary/aromatic N) is 2. The third-order valence-corrected chi connectivity index (χ3v) is 6.53. The molecule has 154 valence electrons. The highest BCUT2D eigenvalue weighted by Crippen LogP contribution is 2.31. The van der Waals surface area contributed by atoms with E-state index in [2.05, 4.69) is 26.3 Å². The van der Waals surface area contributed by atoms with Gasteiger partial charge in [-0.1, -0.05) is 35.6 Å². The Kier molecular flexibility index (Phi) is 4.64. The molecule has 0 fully saturated rings. The number of aromatic nitrogens is 2. The van der Waals surface area contributed by atoms with Gasteiger partial charge in [0, 0.05) is 44.1 Å². The summed E-state index contributed by atoms with van der Waals surface area (Å²) in [5, 5.41) is 7.40. The normalized spacial score (nSPS) is 13.9. The zero-order chi connectivity index (χ0) is 20.8. The van der Waals surface area contributed by atoms with Gasteiger partial charge in [0.2, 0.25) is 0 Å². The molecule has 0 bridgehead atoms. The Hall–Kier alpha value is -3.03. The fraction of sp³-hybridized carbons (Fsp3) is 0.261. The molecule has 0 aliphatic carbocycles.